The van der Waals surface area contributed by atoms with Crippen LogP contribution in [0.1, 0.15) is 245 Å². The summed E-state index contributed by atoms with van der Waals surface area (Å²) in [6.07, 6.45) is 66.4. The van der Waals surface area contributed by atoms with E-state index in [4.69, 9.17) is 0 Å². The third-order valence-electron chi connectivity index (χ3n) is 11.0. The largest absolute Gasteiger partial charge is 0.394 e. The van der Waals surface area contributed by atoms with E-state index in [2.05, 4.69) is 67.8 Å². The first kappa shape index (κ1) is 54.1. The van der Waals surface area contributed by atoms with E-state index in [1.54, 1.807) is 6.08 Å². The number of allylic oxidation sites excluding steroid dienone is 9. The van der Waals surface area contributed by atoms with Crippen molar-refractivity contribution < 1.29 is 15.0 Å². The molecule has 0 aliphatic rings. The number of hydrogen-bond donors (Lipinski definition) is 3. The van der Waals surface area contributed by atoms with Gasteiger partial charge in [-0.25, -0.2) is 0 Å². The Hall–Kier alpha value is -1.91. The summed E-state index contributed by atoms with van der Waals surface area (Å²) >= 11 is 0. The van der Waals surface area contributed by atoms with Gasteiger partial charge in [-0.3, -0.25) is 4.79 Å². The first-order valence-corrected chi connectivity index (χ1v) is 24.5. The van der Waals surface area contributed by atoms with Crippen LogP contribution < -0.4 is 5.32 Å². The highest BCUT2D eigenvalue weighted by Gasteiger charge is 2.17. The summed E-state index contributed by atoms with van der Waals surface area (Å²) in [5, 5.41) is 23.0. The molecule has 4 heteroatoms. The Labute approximate surface area is 349 Å². The lowest BCUT2D eigenvalue weighted by molar-refractivity contribution is -0.123. The zero-order chi connectivity index (χ0) is 40.7. The fourth-order valence-corrected chi connectivity index (χ4v) is 7.18. The van der Waals surface area contributed by atoms with Crippen molar-refractivity contribution in [2.45, 2.75) is 257 Å². The Morgan fingerprint density at radius 1 is 0.429 bits per heavy atom. The molecule has 4 nitrogen and oxygen atoms in total. The minimum absolute atomic E-state index is 0.0780. The molecule has 2 unspecified atom stereocenters. The van der Waals surface area contributed by atoms with E-state index in [-0.39, 0.29) is 12.5 Å². The smallest absolute Gasteiger partial charge is 0.220 e. The average molecular weight is 782 g/mol. The number of hydrogen-bond acceptors (Lipinski definition) is 3. The highest BCUT2D eigenvalue weighted by molar-refractivity contribution is 5.76. The third-order valence-corrected chi connectivity index (χ3v) is 11.0. The maximum atomic E-state index is 12.4. The highest BCUT2D eigenvalue weighted by atomic mass is 16.3. The number of carbonyl (C=O) groups is 1. The van der Waals surface area contributed by atoms with Crippen molar-refractivity contribution in [1.82, 2.24) is 5.32 Å². The SMILES string of the molecule is CCCCC/C=C/CC/C=C/CC/C=C/C(O)C(CO)NC(=O)CCCCCCCCCCCCCCCCCCCCC/C=C\C/C=C\CCCCCCC. The molecule has 0 saturated carbocycles. The van der Waals surface area contributed by atoms with Crippen LogP contribution in [0.25, 0.3) is 0 Å². The first-order valence-electron chi connectivity index (χ1n) is 24.5. The van der Waals surface area contributed by atoms with E-state index in [0.717, 1.165) is 44.9 Å². The summed E-state index contributed by atoms with van der Waals surface area (Å²) in [7, 11) is 0. The molecule has 0 radical (unpaired) electrons. The van der Waals surface area contributed by atoms with Gasteiger partial charge in [-0.2, -0.15) is 0 Å². The first-order chi connectivity index (χ1) is 27.7. The van der Waals surface area contributed by atoms with Crippen molar-refractivity contribution in [3.8, 4) is 0 Å². The van der Waals surface area contributed by atoms with Gasteiger partial charge in [-0.15, -0.1) is 0 Å². The molecule has 0 saturated heterocycles. The second-order valence-electron chi connectivity index (χ2n) is 16.5. The number of unbranched alkanes of at least 4 members (excludes halogenated alkanes) is 29. The second-order valence-corrected chi connectivity index (χ2v) is 16.5. The summed E-state index contributed by atoms with van der Waals surface area (Å²) < 4.78 is 0. The minimum Gasteiger partial charge on any atom is -0.394 e. The molecule has 0 aliphatic heterocycles. The standard InChI is InChI=1S/C52H95NO3/c1-3-5-7-9-11-13-15-17-18-19-20-21-22-23-24-25-26-27-28-29-30-31-32-33-34-36-38-40-42-44-46-48-52(56)53-50(49-54)51(55)47-45-43-41-39-37-35-16-14-12-10-8-6-4-2/h12,14-15,17,19-20,37,39,45,47,50-51,54-55H,3-11,13,16,18,21-36,38,40-44,46,48-49H2,1-2H3,(H,53,56)/b14-12+,17-15-,20-19-,39-37+,47-45+. The molecule has 0 aromatic carbocycles. The van der Waals surface area contributed by atoms with Gasteiger partial charge in [-0.05, 0) is 77.0 Å². The fraction of sp³-hybridized carbons (Fsp3) is 0.788. The normalized spacial score (nSPS) is 13.4. The van der Waals surface area contributed by atoms with Crippen LogP contribution in [-0.2, 0) is 4.79 Å². The maximum absolute atomic E-state index is 12.4. The number of aliphatic hydroxyl groups is 2. The number of carbonyl (C=O) groups excluding carboxylic acids is 1. The summed E-state index contributed by atoms with van der Waals surface area (Å²) in [5.74, 6) is -0.0780. The molecule has 0 bridgehead atoms. The molecule has 3 N–H and O–H groups in total. The van der Waals surface area contributed by atoms with Gasteiger partial charge in [0.1, 0.15) is 0 Å². The Balaban J connectivity index is 3.49. The predicted octanol–water partition coefficient (Wildman–Crippen LogP) is 15.7. The van der Waals surface area contributed by atoms with E-state index in [1.807, 2.05) is 6.08 Å². The Kier molecular flexibility index (Phi) is 45.8. The van der Waals surface area contributed by atoms with E-state index < -0.39 is 12.1 Å². The van der Waals surface area contributed by atoms with Gasteiger partial charge < -0.3 is 15.5 Å². The van der Waals surface area contributed by atoms with Gasteiger partial charge in [-0.1, -0.05) is 222 Å². The highest BCUT2D eigenvalue weighted by Crippen LogP contribution is 2.16. The molecular formula is C52H95NO3. The zero-order valence-corrected chi connectivity index (χ0v) is 37.4. The van der Waals surface area contributed by atoms with Crippen LogP contribution in [0.5, 0.6) is 0 Å². The maximum Gasteiger partial charge on any atom is 0.220 e. The molecule has 0 aromatic heterocycles. The van der Waals surface area contributed by atoms with Crippen molar-refractivity contribution in [3.63, 3.8) is 0 Å². The number of aliphatic hydroxyl groups excluding tert-OH is 2. The molecule has 0 rings (SSSR count). The average Bonchev–Trinajstić information content (AvgIpc) is 3.20. The van der Waals surface area contributed by atoms with Crippen LogP contribution in [0.15, 0.2) is 60.8 Å². The van der Waals surface area contributed by atoms with Crippen LogP contribution in [0.2, 0.25) is 0 Å². The molecule has 0 aliphatic carbocycles. The molecule has 0 aromatic rings. The molecule has 1 amide bonds. The molecule has 56 heavy (non-hydrogen) atoms. The Morgan fingerprint density at radius 3 is 1.18 bits per heavy atom. The number of nitrogens with one attached hydrogen (secondary N) is 1. The zero-order valence-electron chi connectivity index (χ0n) is 37.4. The van der Waals surface area contributed by atoms with Gasteiger partial charge in [0, 0.05) is 6.42 Å². The molecular weight excluding hydrogens is 687 g/mol. The van der Waals surface area contributed by atoms with Crippen molar-refractivity contribution in [3.05, 3.63) is 60.8 Å². The summed E-state index contributed by atoms with van der Waals surface area (Å²) in [4.78, 5) is 12.4. The number of rotatable bonds is 44. The molecule has 0 spiro atoms. The lowest BCUT2D eigenvalue weighted by Gasteiger charge is -2.19. The quantitative estimate of drug-likeness (QED) is 0.0426. The molecule has 326 valence electrons. The summed E-state index contributed by atoms with van der Waals surface area (Å²) in [5.41, 5.74) is 0. The predicted molar refractivity (Wildman–Crippen MR) is 248 cm³/mol. The van der Waals surface area contributed by atoms with Crippen molar-refractivity contribution >= 4 is 5.91 Å². The fourth-order valence-electron chi connectivity index (χ4n) is 7.18. The summed E-state index contributed by atoms with van der Waals surface area (Å²) in [6.45, 7) is 4.25. The molecule has 0 heterocycles. The van der Waals surface area contributed by atoms with Gasteiger partial charge in [0.15, 0.2) is 0 Å². The monoisotopic (exact) mass is 782 g/mol. The lowest BCUT2D eigenvalue weighted by Crippen LogP contribution is -2.45. The van der Waals surface area contributed by atoms with E-state index in [0.29, 0.717) is 6.42 Å². The third kappa shape index (κ3) is 43.2. The van der Waals surface area contributed by atoms with Crippen LogP contribution in [-0.4, -0.2) is 34.9 Å². The van der Waals surface area contributed by atoms with E-state index in [9.17, 15) is 15.0 Å². The minimum atomic E-state index is -0.869. The van der Waals surface area contributed by atoms with Crippen LogP contribution >= 0.6 is 0 Å². The Bertz CT molecular complexity index is 934. The van der Waals surface area contributed by atoms with Crippen LogP contribution in [0.3, 0.4) is 0 Å². The molecule has 2 atom stereocenters. The van der Waals surface area contributed by atoms with Crippen LogP contribution in [0.4, 0.5) is 0 Å². The lowest BCUT2D eigenvalue weighted by atomic mass is 10.0. The number of amides is 1. The van der Waals surface area contributed by atoms with Gasteiger partial charge in [0.05, 0.1) is 18.8 Å². The van der Waals surface area contributed by atoms with Crippen molar-refractivity contribution in [1.29, 1.82) is 0 Å². The molecule has 0 fully saturated rings. The summed E-state index contributed by atoms with van der Waals surface area (Å²) in [6, 6.07) is -0.645. The van der Waals surface area contributed by atoms with E-state index >= 15 is 0 Å². The van der Waals surface area contributed by atoms with Crippen molar-refractivity contribution in [2.75, 3.05) is 6.61 Å². The van der Waals surface area contributed by atoms with Gasteiger partial charge >= 0.3 is 0 Å². The van der Waals surface area contributed by atoms with E-state index in [1.165, 1.54) is 180 Å². The van der Waals surface area contributed by atoms with Crippen LogP contribution in [0, 0.1) is 0 Å². The van der Waals surface area contributed by atoms with Gasteiger partial charge in [0.25, 0.3) is 0 Å². The Morgan fingerprint density at radius 2 is 0.750 bits per heavy atom. The van der Waals surface area contributed by atoms with Gasteiger partial charge in [0.2, 0.25) is 5.91 Å². The van der Waals surface area contributed by atoms with Crippen molar-refractivity contribution in [2.24, 2.45) is 0 Å². The second kappa shape index (κ2) is 47.5. The topological polar surface area (TPSA) is 69.6 Å².